The highest BCUT2D eigenvalue weighted by molar-refractivity contribution is 5.70. The molecule has 0 unspecified atom stereocenters. The number of rotatable bonds is 1. The lowest BCUT2D eigenvalue weighted by molar-refractivity contribution is -0.137. The molecule has 1 nitrogen and oxygen atoms in total. The molecule has 4 heteroatoms. The van der Waals surface area contributed by atoms with Crippen LogP contribution in [0.25, 0.3) is 5.57 Å². The Morgan fingerprint density at radius 3 is 2.53 bits per heavy atom. The van der Waals surface area contributed by atoms with Crippen LogP contribution in [-0.4, -0.2) is 6.54 Å². The van der Waals surface area contributed by atoms with E-state index in [-0.39, 0.29) is 0 Å². The SMILES string of the molecule is CC1=CC=C(c2cccc(C(F)(F)F)c2)CN1. The molecule has 90 valence electrons. The van der Waals surface area contributed by atoms with Crippen molar-refractivity contribution in [2.45, 2.75) is 13.1 Å². The van der Waals surface area contributed by atoms with E-state index in [2.05, 4.69) is 5.32 Å². The van der Waals surface area contributed by atoms with Crippen molar-refractivity contribution in [1.29, 1.82) is 0 Å². The number of dihydropyridines is 1. The van der Waals surface area contributed by atoms with Crippen LogP contribution in [0.4, 0.5) is 13.2 Å². The van der Waals surface area contributed by atoms with Crippen LogP contribution in [0, 0.1) is 0 Å². The summed E-state index contributed by atoms with van der Waals surface area (Å²) in [5.74, 6) is 0. The first-order valence-electron chi connectivity index (χ1n) is 5.26. The molecule has 0 saturated carbocycles. The van der Waals surface area contributed by atoms with Crippen molar-refractivity contribution in [3.8, 4) is 0 Å². The van der Waals surface area contributed by atoms with E-state index in [1.165, 1.54) is 12.1 Å². The van der Waals surface area contributed by atoms with Crippen molar-refractivity contribution in [2.75, 3.05) is 6.54 Å². The van der Waals surface area contributed by atoms with Gasteiger partial charge in [0.2, 0.25) is 0 Å². The number of allylic oxidation sites excluding steroid dienone is 3. The third-order valence-electron chi connectivity index (χ3n) is 2.65. The zero-order valence-electron chi connectivity index (χ0n) is 9.31. The summed E-state index contributed by atoms with van der Waals surface area (Å²) in [4.78, 5) is 0. The first-order valence-corrected chi connectivity index (χ1v) is 5.26. The second-order valence-electron chi connectivity index (χ2n) is 3.97. The van der Waals surface area contributed by atoms with Gasteiger partial charge in [-0.25, -0.2) is 0 Å². The molecule has 0 bridgehead atoms. The predicted molar refractivity (Wildman–Crippen MR) is 61.2 cm³/mol. The van der Waals surface area contributed by atoms with Gasteiger partial charge < -0.3 is 5.32 Å². The predicted octanol–water partition coefficient (Wildman–Crippen LogP) is 3.60. The molecule has 2 rings (SSSR count). The first kappa shape index (κ1) is 11.8. The van der Waals surface area contributed by atoms with Crippen molar-refractivity contribution >= 4 is 5.57 Å². The van der Waals surface area contributed by atoms with E-state index < -0.39 is 11.7 Å². The van der Waals surface area contributed by atoms with Crippen LogP contribution in [-0.2, 0) is 6.18 Å². The number of hydrogen-bond donors (Lipinski definition) is 1. The smallest absolute Gasteiger partial charge is 0.384 e. The molecule has 1 heterocycles. The fraction of sp³-hybridized carbons (Fsp3) is 0.231. The van der Waals surface area contributed by atoms with Crippen molar-refractivity contribution in [1.82, 2.24) is 5.32 Å². The van der Waals surface area contributed by atoms with E-state index in [4.69, 9.17) is 0 Å². The lowest BCUT2D eigenvalue weighted by Gasteiger charge is -2.16. The molecule has 1 aliphatic heterocycles. The Morgan fingerprint density at radius 2 is 1.94 bits per heavy atom. The number of alkyl halides is 3. The summed E-state index contributed by atoms with van der Waals surface area (Å²) >= 11 is 0. The van der Waals surface area contributed by atoms with Crippen molar-refractivity contribution in [3.63, 3.8) is 0 Å². The summed E-state index contributed by atoms with van der Waals surface area (Å²) in [7, 11) is 0. The third-order valence-corrected chi connectivity index (χ3v) is 2.65. The molecule has 1 N–H and O–H groups in total. The molecule has 0 atom stereocenters. The Morgan fingerprint density at radius 1 is 1.18 bits per heavy atom. The van der Waals surface area contributed by atoms with Crippen LogP contribution >= 0.6 is 0 Å². The minimum absolute atomic E-state index is 0.559. The minimum atomic E-state index is -4.29. The maximum absolute atomic E-state index is 12.6. The summed E-state index contributed by atoms with van der Waals surface area (Å²) in [6.45, 7) is 2.48. The van der Waals surface area contributed by atoms with E-state index in [1.54, 1.807) is 6.07 Å². The lowest BCUT2D eigenvalue weighted by Crippen LogP contribution is -2.17. The summed E-state index contributed by atoms with van der Waals surface area (Å²) in [5.41, 5.74) is 1.88. The van der Waals surface area contributed by atoms with Crippen LogP contribution in [0.5, 0.6) is 0 Å². The number of benzene rings is 1. The van der Waals surface area contributed by atoms with Gasteiger partial charge in [-0.05, 0) is 36.3 Å². The average molecular weight is 239 g/mol. The number of nitrogens with one attached hydrogen (secondary N) is 1. The minimum Gasteiger partial charge on any atom is -0.384 e. The fourth-order valence-corrected chi connectivity index (χ4v) is 1.67. The van der Waals surface area contributed by atoms with Crippen LogP contribution in [0.15, 0.2) is 42.1 Å². The lowest BCUT2D eigenvalue weighted by atomic mass is 10.0. The highest BCUT2D eigenvalue weighted by Gasteiger charge is 2.30. The Hall–Kier alpha value is -1.71. The first-order chi connectivity index (χ1) is 7.97. The van der Waals surface area contributed by atoms with Gasteiger partial charge in [0.15, 0.2) is 0 Å². The molecule has 0 spiro atoms. The molecule has 0 aliphatic carbocycles. The van der Waals surface area contributed by atoms with Gasteiger partial charge in [0.25, 0.3) is 0 Å². The molecule has 0 fully saturated rings. The van der Waals surface area contributed by atoms with Gasteiger partial charge in [-0.3, -0.25) is 0 Å². The quantitative estimate of drug-likeness (QED) is 0.789. The standard InChI is InChI=1S/C13H12F3N/c1-9-5-6-11(8-17-9)10-3-2-4-12(7-10)13(14,15)16/h2-7,17H,8H2,1H3. The Kier molecular flexibility index (Phi) is 2.96. The largest absolute Gasteiger partial charge is 0.416 e. The molecule has 1 aromatic rings. The molecule has 1 aliphatic rings. The van der Waals surface area contributed by atoms with Crippen molar-refractivity contribution < 1.29 is 13.2 Å². The Balaban J connectivity index is 2.35. The summed E-state index contributed by atoms with van der Waals surface area (Å²) in [6.07, 6.45) is -0.579. The van der Waals surface area contributed by atoms with Crippen LogP contribution < -0.4 is 5.32 Å². The molecule has 0 saturated heterocycles. The van der Waals surface area contributed by atoms with Gasteiger partial charge >= 0.3 is 6.18 Å². The number of halogens is 3. The van der Waals surface area contributed by atoms with Crippen molar-refractivity contribution in [3.05, 3.63) is 53.2 Å². The third kappa shape index (κ3) is 2.70. The van der Waals surface area contributed by atoms with E-state index in [9.17, 15) is 13.2 Å². The topological polar surface area (TPSA) is 12.0 Å². The van der Waals surface area contributed by atoms with Gasteiger partial charge in [0, 0.05) is 12.2 Å². The van der Waals surface area contributed by atoms with Gasteiger partial charge in [-0.15, -0.1) is 0 Å². The summed E-state index contributed by atoms with van der Waals surface area (Å²) < 4.78 is 37.7. The van der Waals surface area contributed by atoms with Crippen LogP contribution in [0.1, 0.15) is 18.1 Å². The van der Waals surface area contributed by atoms with Crippen LogP contribution in [0.2, 0.25) is 0 Å². The van der Waals surface area contributed by atoms with Gasteiger partial charge in [-0.2, -0.15) is 13.2 Å². The highest BCUT2D eigenvalue weighted by Crippen LogP contribution is 2.31. The molecule has 0 amide bonds. The normalized spacial score (nSPS) is 16.0. The van der Waals surface area contributed by atoms with Crippen molar-refractivity contribution in [2.24, 2.45) is 0 Å². The second kappa shape index (κ2) is 4.28. The monoisotopic (exact) mass is 239 g/mol. The zero-order valence-corrected chi connectivity index (χ0v) is 9.31. The molecule has 0 radical (unpaired) electrons. The maximum Gasteiger partial charge on any atom is 0.416 e. The van der Waals surface area contributed by atoms with Crippen LogP contribution in [0.3, 0.4) is 0 Å². The zero-order chi connectivity index (χ0) is 12.5. The van der Waals surface area contributed by atoms with E-state index >= 15 is 0 Å². The maximum atomic E-state index is 12.6. The van der Waals surface area contributed by atoms with Gasteiger partial charge in [-0.1, -0.05) is 18.2 Å². The Labute approximate surface area is 97.6 Å². The summed E-state index contributed by atoms with van der Waals surface area (Å²) in [6, 6.07) is 5.39. The summed E-state index contributed by atoms with van der Waals surface area (Å²) in [5, 5.41) is 3.10. The molecular formula is C13H12F3N. The van der Waals surface area contributed by atoms with E-state index in [0.29, 0.717) is 12.1 Å². The molecule has 0 aromatic heterocycles. The second-order valence-corrected chi connectivity index (χ2v) is 3.97. The molecular weight excluding hydrogens is 227 g/mol. The van der Waals surface area contributed by atoms with E-state index in [1.807, 2.05) is 19.1 Å². The average Bonchev–Trinajstić information content (AvgIpc) is 2.29. The molecule has 17 heavy (non-hydrogen) atoms. The molecule has 1 aromatic carbocycles. The number of hydrogen-bond acceptors (Lipinski definition) is 1. The van der Waals surface area contributed by atoms with E-state index in [0.717, 1.165) is 17.3 Å². The fourth-order valence-electron chi connectivity index (χ4n) is 1.67. The van der Waals surface area contributed by atoms with Gasteiger partial charge in [0.05, 0.1) is 5.56 Å². The Bertz CT molecular complexity index is 484. The van der Waals surface area contributed by atoms with Gasteiger partial charge in [0.1, 0.15) is 0 Å². The highest BCUT2D eigenvalue weighted by atomic mass is 19.4.